The second-order valence-electron chi connectivity index (χ2n) is 6.21. The zero-order valence-electron chi connectivity index (χ0n) is 12.4. The highest BCUT2D eigenvalue weighted by atomic mass is 79.9. The topological polar surface area (TPSA) is 96.8 Å². The van der Waals surface area contributed by atoms with Gasteiger partial charge in [-0.15, -0.1) is 0 Å². The number of thioether (sulfide) groups is 1. The number of nitrogens with zero attached hydrogens (tertiary/aromatic N) is 2. The van der Waals surface area contributed by atoms with Gasteiger partial charge in [-0.05, 0) is 17.7 Å². The first-order chi connectivity index (χ1) is 11.0. The van der Waals surface area contributed by atoms with E-state index in [1.165, 1.54) is 11.8 Å². The molecule has 116 valence electrons. The molecule has 23 heavy (non-hydrogen) atoms. The number of hydrogen-bond donors (Lipinski definition) is 2. The van der Waals surface area contributed by atoms with E-state index in [1.54, 1.807) is 0 Å². The normalized spacial score (nSPS) is 43.6. The van der Waals surface area contributed by atoms with Gasteiger partial charge in [-0.25, -0.2) is 4.99 Å². The molecular formula is C16H14BrN4OS+. The van der Waals surface area contributed by atoms with Crippen LogP contribution in [0.2, 0.25) is 0 Å². The lowest BCUT2D eigenvalue weighted by molar-refractivity contribution is -0.584. The molecule has 3 aliphatic rings. The molecule has 1 saturated carbocycles. The lowest BCUT2D eigenvalue weighted by Gasteiger charge is -2.27. The molecule has 4 rings (SSSR count). The maximum Gasteiger partial charge on any atom is 0.278 e. The third-order valence-corrected chi connectivity index (χ3v) is 7.48. The van der Waals surface area contributed by atoms with Gasteiger partial charge < -0.3 is 4.74 Å². The van der Waals surface area contributed by atoms with Crippen LogP contribution >= 0.6 is 27.7 Å². The average Bonchev–Trinajstić information content (AvgIpc) is 2.83. The number of amidine groups is 1. The molecular weight excluding hydrogens is 376 g/mol. The van der Waals surface area contributed by atoms with Crippen molar-refractivity contribution in [3.05, 3.63) is 34.3 Å². The number of nitrogens with two attached hydrogens (primary N) is 1. The van der Waals surface area contributed by atoms with E-state index in [0.717, 1.165) is 15.8 Å². The van der Waals surface area contributed by atoms with Crippen LogP contribution in [-0.4, -0.2) is 23.3 Å². The molecule has 2 fully saturated rings. The van der Waals surface area contributed by atoms with Crippen LogP contribution in [0, 0.1) is 33.5 Å². The van der Waals surface area contributed by atoms with Crippen LogP contribution in [0.15, 0.2) is 28.7 Å². The van der Waals surface area contributed by atoms with Crippen molar-refractivity contribution < 1.29 is 9.73 Å². The molecule has 0 radical (unpaired) electrons. The van der Waals surface area contributed by atoms with Crippen molar-refractivity contribution in [3.8, 4) is 12.1 Å². The van der Waals surface area contributed by atoms with Crippen molar-refractivity contribution in [1.82, 2.24) is 0 Å². The molecule has 0 bridgehead atoms. The van der Waals surface area contributed by atoms with Gasteiger partial charge in [-0.3, -0.25) is 5.73 Å². The first kappa shape index (κ1) is 15.0. The third kappa shape index (κ3) is 1.26. The number of nitriles is 2. The quantitative estimate of drug-likeness (QED) is 0.733. The summed E-state index contributed by atoms with van der Waals surface area (Å²) in [5.41, 5.74) is 4.30. The number of hydrogen-bond acceptors (Lipinski definition) is 5. The Morgan fingerprint density at radius 2 is 2.00 bits per heavy atom. The summed E-state index contributed by atoms with van der Waals surface area (Å²) in [6, 6.07) is 12.5. The standard InChI is InChI=1S/C16H13BrN4OS/c1-13(10-2-4-11(17)5-3-10)14(8-18)12(20)21-16(15(13,14)9-19)22-6-7-23-16/h2-5H,6-7H2,1H3,(H2,20,21)/p+1/t13-,14+,15-,16-/m1/s1. The van der Waals surface area contributed by atoms with E-state index < -0.39 is 21.3 Å². The van der Waals surface area contributed by atoms with Gasteiger partial charge in [0, 0.05) is 10.2 Å². The monoisotopic (exact) mass is 389 g/mol. The molecule has 1 saturated heterocycles. The second kappa shape index (κ2) is 4.30. The highest BCUT2D eigenvalue weighted by Crippen LogP contribution is 2.83. The average molecular weight is 390 g/mol. The van der Waals surface area contributed by atoms with Crippen molar-refractivity contribution in [3.63, 3.8) is 0 Å². The second-order valence-corrected chi connectivity index (χ2v) is 8.40. The summed E-state index contributed by atoms with van der Waals surface area (Å²) in [5.74, 6) is 1.10. The highest BCUT2D eigenvalue weighted by molar-refractivity contribution is 9.10. The maximum atomic E-state index is 10.1. The number of halogens is 1. The Bertz CT molecular complexity index is 820. The number of ether oxygens (including phenoxy) is 1. The fourth-order valence-corrected chi connectivity index (χ4v) is 6.26. The van der Waals surface area contributed by atoms with E-state index in [1.807, 2.05) is 31.2 Å². The fraction of sp³-hybridized carbons (Fsp3) is 0.438. The molecule has 7 heteroatoms. The molecule has 4 atom stereocenters. The summed E-state index contributed by atoms with van der Waals surface area (Å²) < 4.78 is 6.90. The van der Waals surface area contributed by atoms with E-state index in [0.29, 0.717) is 12.4 Å². The lowest BCUT2D eigenvalue weighted by atomic mass is 9.85. The van der Waals surface area contributed by atoms with Crippen molar-refractivity contribution in [1.29, 1.82) is 10.5 Å². The minimum atomic E-state index is -1.10. The molecule has 2 aliphatic heterocycles. The molecule has 1 aliphatic carbocycles. The van der Waals surface area contributed by atoms with Crippen LogP contribution in [0.25, 0.3) is 0 Å². The summed E-state index contributed by atoms with van der Waals surface area (Å²) in [7, 11) is 0. The molecule has 1 spiro atoms. The van der Waals surface area contributed by atoms with E-state index in [4.69, 9.17) is 10.5 Å². The maximum absolute atomic E-state index is 10.1. The van der Waals surface area contributed by atoms with Crippen LogP contribution < -0.4 is 10.7 Å². The molecule has 1 aromatic carbocycles. The first-order valence-electron chi connectivity index (χ1n) is 7.23. The lowest BCUT2D eigenvalue weighted by Crippen LogP contribution is -2.88. The van der Waals surface area contributed by atoms with Crippen LogP contribution in [0.4, 0.5) is 0 Å². The number of fused-ring (bicyclic) bond motifs is 2. The SMILES string of the molecule is C[C@@]1(c2ccc(Br)cc2)[C@]2(C#N)C(N)=[NH+][C@@]3(OCCS3)[C@@]21C#N. The zero-order valence-corrected chi connectivity index (χ0v) is 14.8. The molecule has 5 nitrogen and oxygen atoms in total. The van der Waals surface area contributed by atoms with Crippen LogP contribution in [0.1, 0.15) is 12.5 Å². The van der Waals surface area contributed by atoms with Gasteiger partial charge in [0.15, 0.2) is 10.8 Å². The number of nitrogens with one attached hydrogen (secondary N) is 1. The Labute approximate surface area is 146 Å². The van der Waals surface area contributed by atoms with Gasteiger partial charge in [0.25, 0.3) is 10.9 Å². The van der Waals surface area contributed by atoms with Crippen LogP contribution in [-0.2, 0) is 10.2 Å². The van der Waals surface area contributed by atoms with Gasteiger partial charge in [0.2, 0.25) is 0 Å². The smallest absolute Gasteiger partial charge is 0.278 e. The minimum absolute atomic E-state index is 0.335. The van der Waals surface area contributed by atoms with E-state index in [9.17, 15) is 10.5 Å². The number of benzene rings is 1. The molecule has 0 aromatic heterocycles. The van der Waals surface area contributed by atoms with E-state index in [2.05, 4.69) is 33.1 Å². The zero-order chi connectivity index (χ0) is 16.5. The molecule has 3 N–H and O–H groups in total. The Hall–Kier alpha value is -1.54. The van der Waals surface area contributed by atoms with Crippen molar-refractivity contribution >= 4 is 33.5 Å². The highest BCUT2D eigenvalue weighted by Gasteiger charge is 3.02. The third-order valence-electron chi connectivity index (χ3n) is 5.65. The molecule has 0 unspecified atom stereocenters. The summed E-state index contributed by atoms with van der Waals surface area (Å²) in [6.45, 7) is 2.48. The van der Waals surface area contributed by atoms with Crippen LogP contribution in [0.5, 0.6) is 0 Å². The summed E-state index contributed by atoms with van der Waals surface area (Å²) in [4.78, 5) is 3.13. The molecule has 1 aromatic rings. The Kier molecular flexibility index (Phi) is 2.81. The summed E-state index contributed by atoms with van der Waals surface area (Å²) in [5, 5.41) is 19.2. The first-order valence-corrected chi connectivity index (χ1v) is 9.01. The Morgan fingerprint density at radius 3 is 2.52 bits per heavy atom. The van der Waals surface area contributed by atoms with Gasteiger partial charge in [0.05, 0.1) is 24.2 Å². The van der Waals surface area contributed by atoms with E-state index >= 15 is 0 Å². The molecule has 0 amide bonds. The van der Waals surface area contributed by atoms with Crippen molar-refractivity contribution in [2.75, 3.05) is 12.4 Å². The van der Waals surface area contributed by atoms with Crippen LogP contribution in [0.3, 0.4) is 0 Å². The predicted molar refractivity (Wildman–Crippen MR) is 88.9 cm³/mol. The van der Waals surface area contributed by atoms with Gasteiger partial charge in [-0.1, -0.05) is 46.7 Å². The van der Waals surface area contributed by atoms with Crippen molar-refractivity contribution in [2.45, 2.75) is 17.4 Å². The minimum Gasteiger partial charge on any atom is -0.327 e. The molecule has 2 heterocycles. The van der Waals surface area contributed by atoms with Gasteiger partial charge >= 0.3 is 0 Å². The largest absolute Gasteiger partial charge is 0.327 e. The summed E-state index contributed by atoms with van der Waals surface area (Å²) in [6.07, 6.45) is 0. The fourth-order valence-electron chi connectivity index (χ4n) is 4.57. The Balaban J connectivity index is 2.00. The van der Waals surface area contributed by atoms with Gasteiger partial charge in [0.1, 0.15) is 0 Å². The van der Waals surface area contributed by atoms with E-state index in [-0.39, 0.29) is 0 Å². The van der Waals surface area contributed by atoms with Gasteiger partial charge in [-0.2, -0.15) is 10.5 Å². The Morgan fingerprint density at radius 1 is 1.30 bits per heavy atom. The predicted octanol–water partition coefficient (Wildman–Crippen LogP) is 0.609. The summed E-state index contributed by atoms with van der Waals surface area (Å²) >= 11 is 4.95. The number of rotatable bonds is 1. The van der Waals surface area contributed by atoms with Crippen molar-refractivity contribution in [2.24, 2.45) is 16.6 Å².